The summed E-state index contributed by atoms with van der Waals surface area (Å²) >= 11 is 1.88. The molecule has 228 valence electrons. The van der Waals surface area contributed by atoms with E-state index in [9.17, 15) is 0 Å². The zero-order valence-electron chi connectivity index (χ0n) is 26.8. The number of fused-ring (bicyclic) bond motifs is 5. The Hall–Kier alpha value is -6.02. The van der Waals surface area contributed by atoms with Gasteiger partial charge in [0.25, 0.3) is 0 Å². The van der Waals surface area contributed by atoms with Crippen molar-refractivity contribution in [3.05, 3.63) is 176 Å². The first-order valence-electron chi connectivity index (χ1n) is 16.8. The predicted molar refractivity (Wildman–Crippen MR) is 213 cm³/mol. The number of benzene rings is 8. The fourth-order valence-corrected chi connectivity index (χ4v) is 9.15. The first-order chi connectivity index (χ1) is 24.3. The number of hydrogen-bond donors (Lipinski definition) is 0. The van der Waals surface area contributed by atoms with Crippen molar-refractivity contribution in [2.75, 3.05) is 0 Å². The van der Waals surface area contributed by atoms with E-state index in [4.69, 9.17) is 0 Å². The second-order valence-corrected chi connectivity index (χ2v) is 13.9. The third-order valence-corrected chi connectivity index (χ3v) is 11.3. The normalized spacial score (nSPS) is 11.8. The third kappa shape index (κ3) is 4.23. The average molecular weight is 639 g/mol. The topological polar surface area (TPSA) is 0 Å². The van der Waals surface area contributed by atoms with E-state index in [0.29, 0.717) is 0 Å². The molecule has 9 aromatic rings. The molecule has 1 aliphatic carbocycles. The molecule has 49 heavy (non-hydrogen) atoms. The molecule has 1 aliphatic rings. The number of thiophene rings is 1. The molecule has 0 aliphatic heterocycles. The van der Waals surface area contributed by atoms with Crippen molar-refractivity contribution in [1.82, 2.24) is 0 Å². The zero-order chi connectivity index (χ0) is 32.5. The SMILES string of the molecule is C=Cc1ccc(-c2ccc3c4c(ccc(-c5cc6ccccc6s5)c24)-c2c-3c(-c3ccccc3)c3ccccc3c2-c2ccccc2)cc1. The standard InChI is InChI=1S/C48H30S/c1-2-30-21-23-31(24-22-30)35-25-27-39-46-40(28-26-38(45(35)46)42-29-34-17-9-12-20-41(34)49-42)48-44(33-15-7-4-8-16-33)37-19-11-10-18-36(37)43(47(39)48)32-13-5-3-6-14-32/h2-29H,1H2. The molecule has 0 saturated carbocycles. The lowest BCUT2D eigenvalue weighted by Gasteiger charge is -2.20. The summed E-state index contributed by atoms with van der Waals surface area (Å²) in [6.45, 7) is 4.00. The molecule has 0 radical (unpaired) electrons. The van der Waals surface area contributed by atoms with Crippen molar-refractivity contribution in [2.45, 2.75) is 0 Å². The first kappa shape index (κ1) is 28.0. The predicted octanol–water partition coefficient (Wildman–Crippen LogP) is 14.2. The molecular formula is C48H30S. The van der Waals surface area contributed by atoms with Gasteiger partial charge in [0, 0.05) is 15.1 Å². The van der Waals surface area contributed by atoms with Gasteiger partial charge in [-0.05, 0) is 100 Å². The van der Waals surface area contributed by atoms with E-state index in [2.05, 4.69) is 170 Å². The maximum Gasteiger partial charge on any atom is 0.0361 e. The largest absolute Gasteiger partial charge is 0.135 e. The maximum atomic E-state index is 4.00. The minimum Gasteiger partial charge on any atom is -0.135 e. The molecule has 0 spiro atoms. The highest BCUT2D eigenvalue weighted by molar-refractivity contribution is 7.22. The van der Waals surface area contributed by atoms with Crippen molar-refractivity contribution >= 4 is 49.0 Å². The minimum absolute atomic E-state index is 1.12. The smallest absolute Gasteiger partial charge is 0.0361 e. The monoisotopic (exact) mass is 638 g/mol. The Labute approximate surface area is 289 Å². The van der Waals surface area contributed by atoms with Crippen molar-refractivity contribution < 1.29 is 0 Å². The van der Waals surface area contributed by atoms with Crippen LogP contribution in [0.5, 0.6) is 0 Å². The molecule has 8 aromatic carbocycles. The van der Waals surface area contributed by atoms with E-state index in [1.165, 1.54) is 97.7 Å². The van der Waals surface area contributed by atoms with Gasteiger partial charge in [0.1, 0.15) is 0 Å². The van der Waals surface area contributed by atoms with Crippen LogP contribution in [0.4, 0.5) is 0 Å². The van der Waals surface area contributed by atoms with Gasteiger partial charge in [-0.1, -0.05) is 164 Å². The summed E-state index contributed by atoms with van der Waals surface area (Å²) in [5.41, 5.74) is 15.2. The van der Waals surface area contributed by atoms with Gasteiger partial charge >= 0.3 is 0 Å². The van der Waals surface area contributed by atoms with E-state index in [0.717, 1.165) is 5.56 Å². The Kier molecular flexibility index (Phi) is 6.31. The molecule has 0 fully saturated rings. The van der Waals surface area contributed by atoms with E-state index in [1.54, 1.807) is 0 Å². The molecule has 1 heteroatoms. The highest BCUT2D eigenvalue weighted by Crippen LogP contribution is 2.59. The van der Waals surface area contributed by atoms with Crippen molar-refractivity contribution in [2.24, 2.45) is 0 Å². The van der Waals surface area contributed by atoms with Crippen LogP contribution in [0.1, 0.15) is 5.56 Å². The fraction of sp³-hybridized carbons (Fsp3) is 0. The second-order valence-electron chi connectivity index (χ2n) is 12.8. The fourth-order valence-electron chi connectivity index (χ4n) is 8.06. The molecule has 0 bridgehead atoms. The Morgan fingerprint density at radius 2 is 0.918 bits per heavy atom. The van der Waals surface area contributed by atoms with Crippen LogP contribution in [0, 0.1) is 0 Å². The van der Waals surface area contributed by atoms with Crippen molar-refractivity contribution in [3.8, 4) is 66.1 Å². The van der Waals surface area contributed by atoms with Gasteiger partial charge in [-0.15, -0.1) is 11.3 Å². The van der Waals surface area contributed by atoms with Crippen LogP contribution in [-0.4, -0.2) is 0 Å². The summed E-state index contributed by atoms with van der Waals surface area (Å²) in [5, 5.41) is 6.49. The molecule has 0 nitrogen and oxygen atoms in total. The van der Waals surface area contributed by atoms with E-state index >= 15 is 0 Å². The molecule has 1 aromatic heterocycles. The van der Waals surface area contributed by atoms with Crippen LogP contribution in [0.25, 0.3) is 104 Å². The van der Waals surface area contributed by atoms with E-state index in [1.807, 2.05) is 17.4 Å². The highest BCUT2D eigenvalue weighted by Gasteiger charge is 2.32. The van der Waals surface area contributed by atoms with E-state index < -0.39 is 0 Å². The lowest BCUT2D eigenvalue weighted by Crippen LogP contribution is -1.93. The quantitative estimate of drug-likeness (QED) is 0.176. The number of rotatable bonds is 5. The van der Waals surface area contributed by atoms with Crippen LogP contribution < -0.4 is 0 Å². The van der Waals surface area contributed by atoms with Crippen LogP contribution >= 0.6 is 11.3 Å². The summed E-state index contributed by atoms with van der Waals surface area (Å²) in [5.74, 6) is 0. The van der Waals surface area contributed by atoms with Crippen LogP contribution in [0.2, 0.25) is 0 Å². The summed E-state index contributed by atoms with van der Waals surface area (Å²) in [6, 6.07) is 60.4. The van der Waals surface area contributed by atoms with Gasteiger partial charge < -0.3 is 0 Å². The van der Waals surface area contributed by atoms with Crippen molar-refractivity contribution in [3.63, 3.8) is 0 Å². The lowest BCUT2D eigenvalue weighted by atomic mass is 9.82. The molecule has 0 amide bonds. The molecule has 0 saturated heterocycles. The molecule has 0 unspecified atom stereocenters. The molecule has 0 N–H and O–H groups in total. The molecule has 1 heterocycles. The van der Waals surface area contributed by atoms with Gasteiger partial charge in [0.05, 0.1) is 0 Å². The highest BCUT2D eigenvalue weighted by atomic mass is 32.1. The molecule has 10 rings (SSSR count). The minimum atomic E-state index is 1.12. The molecule has 0 atom stereocenters. The number of hydrogen-bond acceptors (Lipinski definition) is 1. The zero-order valence-corrected chi connectivity index (χ0v) is 27.6. The third-order valence-electron chi connectivity index (χ3n) is 10.2. The summed E-state index contributed by atoms with van der Waals surface area (Å²) < 4.78 is 1.31. The van der Waals surface area contributed by atoms with Gasteiger partial charge in [-0.25, -0.2) is 0 Å². The van der Waals surface area contributed by atoms with Gasteiger partial charge in [0.15, 0.2) is 0 Å². The summed E-state index contributed by atoms with van der Waals surface area (Å²) in [7, 11) is 0. The summed E-state index contributed by atoms with van der Waals surface area (Å²) in [4.78, 5) is 1.29. The summed E-state index contributed by atoms with van der Waals surface area (Å²) in [6.07, 6.45) is 1.91. The second kappa shape index (κ2) is 11.0. The van der Waals surface area contributed by atoms with Crippen molar-refractivity contribution in [1.29, 1.82) is 0 Å². The first-order valence-corrected chi connectivity index (χ1v) is 17.6. The average Bonchev–Trinajstić information content (AvgIpc) is 3.75. The van der Waals surface area contributed by atoms with Crippen LogP contribution in [0.15, 0.2) is 170 Å². The Balaban J connectivity index is 1.39. The van der Waals surface area contributed by atoms with E-state index in [-0.39, 0.29) is 0 Å². The maximum absolute atomic E-state index is 4.00. The van der Waals surface area contributed by atoms with Crippen LogP contribution in [-0.2, 0) is 0 Å². The Bertz CT molecular complexity index is 2620. The molecular weight excluding hydrogens is 609 g/mol. The Morgan fingerprint density at radius 3 is 1.51 bits per heavy atom. The Morgan fingerprint density at radius 1 is 0.408 bits per heavy atom. The van der Waals surface area contributed by atoms with Crippen LogP contribution in [0.3, 0.4) is 0 Å². The van der Waals surface area contributed by atoms with Gasteiger partial charge in [-0.2, -0.15) is 0 Å². The lowest BCUT2D eigenvalue weighted by molar-refractivity contribution is 1.62. The van der Waals surface area contributed by atoms with Gasteiger partial charge in [-0.3, -0.25) is 0 Å². The van der Waals surface area contributed by atoms with Gasteiger partial charge in [0.2, 0.25) is 0 Å².